The smallest absolute Gasteiger partial charge is 0.241 e. The van der Waals surface area contributed by atoms with Crippen LogP contribution >= 0.6 is 11.8 Å². The Kier molecular flexibility index (Phi) is 5.77. The van der Waals surface area contributed by atoms with Gasteiger partial charge in [-0.1, -0.05) is 34.6 Å². The summed E-state index contributed by atoms with van der Waals surface area (Å²) in [5, 5.41) is 0. The molecule has 0 aliphatic carbocycles. The van der Waals surface area contributed by atoms with Crippen LogP contribution in [-0.4, -0.2) is 29.9 Å². The zero-order valence-electron chi connectivity index (χ0n) is 11.5. The predicted molar refractivity (Wildman–Crippen MR) is 69.3 cm³/mol. The lowest BCUT2D eigenvalue weighted by Gasteiger charge is -2.35. The van der Waals surface area contributed by atoms with Gasteiger partial charge < -0.3 is 4.90 Å². The summed E-state index contributed by atoms with van der Waals surface area (Å²) < 4.78 is 0. The third-order valence-corrected chi connectivity index (χ3v) is 3.36. The predicted octanol–water partition coefficient (Wildman–Crippen LogP) is 2.65. The van der Waals surface area contributed by atoms with E-state index in [9.17, 15) is 4.79 Å². The maximum absolute atomic E-state index is 12.2. The largest absolute Gasteiger partial charge is 0.341 e. The minimum Gasteiger partial charge on any atom is -0.341 e. The number of amides is 1. The Morgan fingerprint density at radius 1 is 1.25 bits per heavy atom. The standard InChI is InChI=1S/C12H25ClN2O/c1-8(2)9(3)15(7)11(16)10(14-13)12(4,5)6/h8-10,14H,1-7H3. The SMILES string of the molecule is CC(C)C(C)N(C)C(=O)C(NCl)C(C)(C)C. The summed E-state index contributed by atoms with van der Waals surface area (Å²) in [6.07, 6.45) is 0. The zero-order valence-corrected chi connectivity index (χ0v) is 12.2. The van der Waals surface area contributed by atoms with E-state index in [1.54, 1.807) is 4.90 Å². The summed E-state index contributed by atoms with van der Waals surface area (Å²) in [6.45, 7) is 12.3. The molecule has 0 heterocycles. The molecule has 0 aromatic heterocycles. The highest BCUT2D eigenvalue weighted by atomic mass is 35.5. The molecule has 2 atom stereocenters. The summed E-state index contributed by atoms with van der Waals surface area (Å²) in [5.74, 6) is 0.480. The highest BCUT2D eigenvalue weighted by molar-refractivity contribution is 6.15. The van der Waals surface area contributed by atoms with Gasteiger partial charge in [-0.25, -0.2) is 4.84 Å². The summed E-state index contributed by atoms with van der Waals surface area (Å²) in [6, 6.07) is -0.150. The molecule has 16 heavy (non-hydrogen) atoms. The van der Waals surface area contributed by atoms with Crippen molar-refractivity contribution in [2.45, 2.75) is 53.6 Å². The zero-order chi connectivity index (χ0) is 13.1. The van der Waals surface area contributed by atoms with Gasteiger partial charge in [-0.15, -0.1) is 0 Å². The molecular formula is C12H25ClN2O. The molecule has 0 aliphatic rings. The number of carbonyl (C=O) groups is 1. The first kappa shape index (κ1) is 15.7. The minimum absolute atomic E-state index is 0.0451. The molecule has 0 radical (unpaired) electrons. The third-order valence-electron chi connectivity index (χ3n) is 3.15. The van der Waals surface area contributed by atoms with Crippen LogP contribution in [0.3, 0.4) is 0 Å². The van der Waals surface area contributed by atoms with E-state index in [2.05, 4.69) is 25.6 Å². The number of hydrogen-bond acceptors (Lipinski definition) is 2. The highest BCUT2D eigenvalue weighted by Crippen LogP contribution is 2.22. The van der Waals surface area contributed by atoms with Crippen LogP contribution < -0.4 is 4.84 Å². The molecule has 4 heteroatoms. The summed E-state index contributed by atoms with van der Waals surface area (Å²) >= 11 is 5.68. The number of rotatable bonds is 4. The summed E-state index contributed by atoms with van der Waals surface area (Å²) in [7, 11) is 1.83. The number of nitrogens with one attached hydrogen (secondary N) is 1. The lowest BCUT2D eigenvalue weighted by molar-refractivity contribution is -0.136. The first-order valence-electron chi connectivity index (χ1n) is 5.75. The maximum atomic E-state index is 12.2. The Morgan fingerprint density at radius 3 is 1.94 bits per heavy atom. The Bertz CT molecular complexity index is 236. The molecule has 0 aromatic carbocycles. The van der Waals surface area contributed by atoms with Crippen LogP contribution in [0.15, 0.2) is 0 Å². The van der Waals surface area contributed by atoms with Gasteiger partial charge in [-0.3, -0.25) is 4.79 Å². The van der Waals surface area contributed by atoms with Crippen LogP contribution in [0.25, 0.3) is 0 Å². The quantitative estimate of drug-likeness (QED) is 0.776. The van der Waals surface area contributed by atoms with Crippen molar-refractivity contribution in [3.63, 3.8) is 0 Å². The fraction of sp³-hybridized carbons (Fsp3) is 0.917. The Balaban J connectivity index is 4.77. The molecule has 0 bridgehead atoms. The van der Waals surface area contributed by atoms with Gasteiger partial charge >= 0.3 is 0 Å². The topological polar surface area (TPSA) is 32.3 Å². The normalized spacial score (nSPS) is 16.1. The number of nitrogens with zero attached hydrogens (tertiary/aromatic N) is 1. The molecule has 0 aromatic rings. The first-order chi connectivity index (χ1) is 7.12. The van der Waals surface area contributed by atoms with Crippen LogP contribution in [0.5, 0.6) is 0 Å². The average Bonchev–Trinajstić information content (AvgIpc) is 2.13. The summed E-state index contributed by atoms with van der Waals surface area (Å²) in [5.41, 5.74) is -0.191. The Labute approximate surface area is 105 Å². The van der Waals surface area contributed by atoms with Gasteiger partial charge in [-0.2, -0.15) is 0 Å². The van der Waals surface area contributed by atoms with Gasteiger partial charge in [0.2, 0.25) is 5.91 Å². The number of carbonyl (C=O) groups excluding carboxylic acids is 1. The third kappa shape index (κ3) is 3.95. The maximum Gasteiger partial charge on any atom is 0.241 e. The lowest BCUT2D eigenvalue weighted by Crippen LogP contribution is -2.52. The second kappa shape index (κ2) is 5.87. The lowest BCUT2D eigenvalue weighted by atomic mass is 9.86. The van der Waals surface area contributed by atoms with Gasteiger partial charge in [-0.05, 0) is 30.0 Å². The van der Waals surface area contributed by atoms with Gasteiger partial charge in [0.15, 0.2) is 0 Å². The number of likely N-dealkylation sites (N-methyl/N-ethyl adjacent to an activating group) is 1. The monoisotopic (exact) mass is 248 g/mol. The molecule has 1 amide bonds. The van der Waals surface area contributed by atoms with Crippen molar-refractivity contribution >= 4 is 17.7 Å². The molecule has 2 unspecified atom stereocenters. The van der Waals surface area contributed by atoms with E-state index >= 15 is 0 Å². The van der Waals surface area contributed by atoms with Crippen molar-refractivity contribution < 1.29 is 4.79 Å². The van der Waals surface area contributed by atoms with Gasteiger partial charge in [0.25, 0.3) is 0 Å². The molecule has 0 spiro atoms. The average molecular weight is 249 g/mol. The summed E-state index contributed by atoms with van der Waals surface area (Å²) in [4.78, 5) is 16.6. The van der Waals surface area contributed by atoms with Crippen molar-refractivity contribution in [2.24, 2.45) is 11.3 Å². The van der Waals surface area contributed by atoms with Crippen molar-refractivity contribution in [3.8, 4) is 0 Å². The van der Waals surface area contributed by atoms with Crippen LogP contribution in [0.2, 0.25) is 0 Å². The molecule has 0 saturated heterocycles. The second-order valence-electron chi connectivity index (χ2n) is 5.84. The van der Waals surface area contributed by atoms with Gasteiger partial charge in [0.1, 0.15) is 6.04 Å². The van der Waals surface area contributed by atoms with E-state index in [1.807, 2.05) is 27.8 Å². The van der Waals surface area contributed by atoms with Gasteiger partial charge in [0, 0.05) is 13.1 Å². The van der Waals surface area contributed by atoms with Crippen LogP contribution in [0, 0.1) is 11.3 Å². The Hall–Kier alpha value is -0.280. The molecule has 1 N–H and O–H groups in total. The van der Waals surface area contributed by atoms with E-state index in [1.165, 1.54) is 0 Å². The molecule has 3 nitrogen and oxygen atoms in total. The fourth-order valence-corrected chi connectivity index (χ4v) is 1.85. The molecule has 0 rings (SSSR count). The van der Waals surface area contributed by atoms with Crippen LogP contribution in [0.4, 0.5) is 0 Å². The fourth-order valence-electron chi connectivity index (χ4n) is 1.43. The van der Waals surface area contributed by atoms with Crippen molar-refractivity contribution in [2.75, 3.05) is 7.05 Å². The van der Waals surface area contributed by atoms with E-state index in [-0.39, 0.29) is 23.4 Å². The molecule has 96 valence electrons. The van der Waals surface area contributed by atoms with E-state index in [0.29, 0.717) is 5.92 Å². The molecule has 0 saturated carbocycles. The minimum atomic E-state index is -0.361. The van der Waals surface area contributed by atoms with Crippen LogP contribution in [-0.2, 0) is 4.79 Å². The first-order valence-corrected chi connectivity index (χ1v) is 6.13. The van der Waals surface area contributed by atoms with E-state index in [4.69, 9.17) is 11.8 Å². The highest BCUT2D eigenvalue weighted by Gasteiger charge is 2.34. The van der Waals surface area contributed by atoms with Crippen molar-refractivity contribution in [1.29, 1.82) is 0 Å². The molecule has 0 fully saturated rings. The Morgan fingerprint density at radius 2 is 1.69 bits per heavy atom. The van der Waals surface area contributed by atoms with E-state index in [0.717, 1.165) is 0 Å². The van der Waals surface area contributed by atoms with Crippen LogP contribution in [0.1, 0.15) is 41.5 Å². The van der Waals surface area contributed by atoms with Crippen molar-refractivity contribution in [1.82, 2.24) is 9.74 Å². The van der Waals surface area contributed by atoms with E-state index < -0.39 is 0 Å². The molecular weight excluding hydrogens is 224 g/mol. The van der Waals surface area contributed by atoms with Gasteiger partial charge in [0.05, 0.1) is 0 Å². The number of halogens is 1. The molecule has 0 aliphatic heterocycles. The van der Waals surface area contributed by atoms with Crippen molar-refractivity contribution in [3.05, 3.63) is 0 Å². The number of hydrogen-bond donors (Lipinski definition) is 1. The second-order valence-corrected chi connectivity index (χ2v) is 6.06.